The Bertz CT molecular complexity index is 972. The van der Waals surface area contributed by atoms with E-state index in [4.69, 9.17) is 4.74 Å². The average Bonchev–Trinajstić information content (AvgIpc) is 3.23. The Morgan fingerprint density at radius 1 is 1.13 bits per heavy atom. The van der Waals surface area contributed by atoms with E-state index >= 15 is 0 Å². The number of amidine groups is 1. The van der Waals surface area contributed by atoms with Crippen LogP contribution in [0.3, 0.4) is 0 Å². The van der Waals surface area contributed by atoms with Gasteiger partial charge in [0.2, 0.25) is 0 Å². The molecule has 3 aromatic rings. The molecule has 1 aliphatic rings. The van der Waals surface area contributed by atoms with Crippen molar-refractivity contribution in [1.29, 1.82) is 0 Å². The number of aliphatic imine (C=N–C) groups is 1. The summed E-state index contributed by atoms with van der Waals surface area (Å²) in [5.74, 6) is 0.722. The van der Waals surface area contributed by atoms with E-state index in [9.17, 15) is 5.11 Å². The highest BCUT2D eigenvalue weighted by Crippen LogP contribution is 2.30. The number of benzene rings is 2. The molecule has 0 saturated heterocycles. The van der Waals surface area contributed by atoms with Crippen LogP contribution in [-0.2, 0) is 11.2 Å². The number of hydrogen-bond acceptors (Lipinski definition) is 6. The van der Waals surface area contributed by atoms with Gasteiger partial charge in [-0.15, -0.1) is 0 Å². The molecule has 0 saturated carbocycles. The van der Waals surface area contributed by atoms with Crippen molar-refractivity contribution >= 4 is 11.8 Å². The van der Waals surface area contributed by atoms with E-state index in [1.807, 2.05) is 53.1 Å². The van der Waals surface area contributed by atoms with Crippen LogP contribution in [-0.4, -0.2) is 39.9 Å². The van der Waals surface area contributed by atoms with E-state index in [2.05, 4.69) is 39.7 Å². The molecule has 4 rings (SSSR count). The molecule has 2 atom stereocenters. The van der Waals surface area contributed by atoms with Crippen molar-refractivity contribution in [2.75, 3.05) is 13.2 Å². The maximum Gasteiger partial charge on any atom is 0.292 e. The maximum atomic E-state index is 9.98. The molecule has 30 heavy (non-hydrogen) atoms. The van der Waals surface area contributed by atoms with Crippen LogP contribution < -0.4 is 10.6 Å². The molecule has 0 fully saturated rings. The van der Waals surface area contributed by atoms with Crippen LogP contribution in [0.4, 0.5) is 5.82 Å². The van der Waals surface area contributed by atoms with Gasteiger partial charge >= 0.3 is 0 Å². The second kappa shape index (κ2) is 9.56. The molecule has 1 aliphatic heterocycles. The summed E-state index contributed by atoms with van der Waals surface area (Å²) in [7, 11) is 0. The second-order valence-corrected chi connectivity index (χ2v) is 7.24. The highest BCUT2D eigenvalue weighted by molar-refractivity contribution is 5.80. The van der Waals surface area contributed by atoms with Crippen LogP contribution in [0, 0.1) is 0 Å². The van der Waals surface area contributed by atoms with Gasteiger partial charge in [-0.3, -0.25) is 9.88 Å². The van der Waals surface area contributed by atoms with Gasteiger partial charge in [0.25, 0.3) is 6.02 Å². The minimum Gasteiger partial charge on any atom is -0.465 e. The van der Waals surface area contributed by atoms with E-state index in [1.165, 1.54) is 0 Å². The first-order valence-electron chi connectivity index (χ1n) is 10.3. The summed E-state index contributed by atoms with van der Waals surface area (Å²) in [5, 5.41) is 16.8. The van der Waals surface area contributed by atoms with Gasteiger partial charge in [-0.05, 0) is 30.5 Å². The Morgan fingerprint density at radius 2 is 1.87 bits per heavy atom. The molecule has 0 spiro atoms. The highest BCUT2D eigenvalue weighted by atomic mass is 16.5. The fourth-order valence-electron chi connectivity index (χ4n) is 3.47. The summed E-state index contributed by atoms with van der Waals surface area (Å²) in [6.07, 6.45) is 3.03. The number of aliphatic hydroxyl groups is 1. The molecule has 0 radical (unpaired) electrons. The van der Waals surface area contributed by atoms with Crippen molar-refractivity contribution in [3.05, 3.63) is 78.2 Å². The second-order valence-electron chi connectivity index (χ2n) is 7.24. The van der Waals surface area contributed by atoms with Crippen LogP contribution in [0.25, 0.3) is 5.69 Å². The number of para-hydroxylation sites is 1. The average molecular weight is 406 g/mol. The van der Waals surface area contributed by atoms with Crippen molar-refractivity contribution in [3.63, 3.8) is 0 Å². The van der Waals surface area contributed by atoms with Gasteiger partial charge in [0, 0.05) is 11.7 Å². The first kappa shape index (κ1) is 20.1. The van der Waals surface area contributed by atoms with E-state index in [0.717, 1.165) is 29.2 Å². The summed E-state index contributed by atoms with van der Waals surface area (Å²) in [5.41, 5.74) is 2.91. The Labute approximate surface area is 176 Å². The Hall–Kier alpha value is -3.16. The standard InChI is InChI=1S/C23H27N5O2/c1-2-13-30-23-26-21(25-18(15-29)14-17-9-5-3-6-10-17)20-22(27-23)28(16-24-20)19-11-7-4-8-12-19/h3-12,16,18,21,25,29H,2,13-15H2,1H3,(H,26,27)/t18?,21-/m1/s1. The predicted molar refractivity (Wildman–Crippen MR) is 117 cm³/mol. The van der Waals surface area contributed by atoms with E-state index in [0.29, 0.717) is 19.0 Å². The zero-order chi connectivity index (χ0) is 20.8. The van der Waals surface area contributed by atoms with E-state index in [1.54, 1.807) is 6.33 Å². The molecular weight excluding hydrogens is 378 g/mol. The number of aliphatic hydroxyl groups excluding tert-OH is 1. The van der Waals surface area contributed by atoms with Crippen LogP contribution in [0.15, 0.2) is 72.0 Å². The predicted octanol–water partition coefficient (Wildman–Crippen LogP) is 3.08. The molecule has 2 heterocycles. The molecular formula is C23H27N5O2. The monoisotopic (exact) mass is 405 g/mol. The largest absolute Gasteiger partial charge is 0.465 e. The molecule has 2 aromatic carbocycles. The molecule has 1 aromatic heterocycles. The normalized spacial score (nSPS) is 16.3. The first-order valence-corrected chi connectivity index (χ1v) is 10.3. The van der Waals surface area contributed by atoms with Gasteiger partial charge in [0.1, 0.15) is 18.2 Å². The molecule has 7 nitrogen and oxygen atoms in total. The summed E-state index contributed by atoms with van der Waals surface area (Å²) in [6, 6.07) is 20.4. The third-order valence-corrected chi connectivity index (χ3v) is 4.94. The zero-order valence-corrected chi connectivity index (χ0v) is 17.0. The topological polar surface area (TPSA) is 83.7 Å². The number of nitrogens with zero attached hydrogens (tertiary/aromatic N) is 3. The molecule has 0 bridgehead atoms. The number of aromatic nitrogens is 2. The van der Waals surface area contributed by atoms with Crippen LogP contribution >= 0.6 is 0 Å². The third kappa shape index (κ3) is 4.53. The van der Waals surface area contributed by atoms with Gasteiger partial charge in [-0.25, -0.2) is 4.98 Å². The van der Waals surface area contributed by atoms with E-state index < -0.39 is 0 Å². The summed E-state index contributed by atoms with van der Waals surface area (Å²) in [4.78, 5) is 9.29. The van der Waals surface area contributed by atoms with Gasteiger partial charge in [-0.1, -0.05) is 55.5 Å². The zero-order valence-electron chi connectivity index (χ0n) is 17.0. The molecule has 1 unspecified atom stereocenters. The Kier molecular flexibility index (Phi) is 6.41. The lowest BCUT2D eigenvalue weighted by atomic mass is 10.1. The molecule has 156 valence electrons. The van der Waals surface area contributed by atoms with Crippen molar-refractivity contribution in [2.24, 2.45) is 4.99 Å². The highest BCUT2D eigenvalue weighted by Gasteiger charge is 2.29. The number of fused-ring (bicyclic) bond motifs is 1. The molecule has 3 N–H and O–H groups in total. The SMILES string of the molecule is CCCOC1=Nc2c(ncn2-c2ccccc2)[C@H](NC(CO)Cc2ccccc2)N1. The van der Waals surface area contributed by atoms with Gasteiger partial charge < -0.3 is 15.2 Å². The summed E-state index contributed by atoms with van der Waals surface area (Å²) >= 11 is 0. The minimum absolute atomic E-state index is 0.00406. The molecule has 0 amide bonds. The van der Waals surface area contributed by atoms with E-state index in [-0.39, 0.29) is 18.8 Å². The van der Waals surface area contributed by atoms with Crippen LogP contribution in [0.2, 0.25) is 0 Å². The number of ether oxygens (including phenoxy) is 1. The number of nitrogens with one attached hydrogen (secondary N) is 2. The molecule has 7 heteroatoms. The van der Waals surface area contributed by atoms with Gasteiger partial charge in [0.05, 0.1) is 13.2 Å². The number of rotatable bonds is 8. The van der Waals surface area contributed by atoms with Crippen molar-refractivity contribution < 1.29 is 9.84 Å². The quantitative estimate of drug-likeness (QED) is 0.536. The minimum atomic E-state index is -0.324. The van der Waals surface area contributed by atoms with Crippen LogP contribution in [0.5, 0.6) is 0 Å². The lowest BCUT2D eigenvalue weighted by Crippen LogP contribution is -2.47. The van der Waals surface area contributed by atoms with Gasteiger partial charge in [-0.2, -0.15) is 4.99 Å². The summed E-state index contributed by atoms with van der Waals surface area (Å²) in [6.45, 7) is 2.63. The number of imidazole rings is 1. The van der Waals surface area contributed by atoms with Crippen molar-refractivity contribution in [2.45, 2.75) is 32.0 Å². The Balaban J connectivity index is 1.61. The van der Waals surface area contributed by atoms with Crippen LogP contribution in [0.1, 0.15) is 30.8 Å². The number of hydrogen-bond donors (Lipinski definition) is 3. The molecule has 0 aliphatic carbocycles. The maximum absolute atomic E-state index is 9.98. The summed E-state index contributed by atoms with van der Waals surface area (Å²) < 4.78 is 7.76. The first-order chi connectivity index (χ1) is 14.8. The fraction of sp³-hybridized carbons (Fsp3) is 0.304. The van der Waals surface area contributed by atoms with Gasteiger partial charge in [0.15, 0.2) is 5.82 Å². The lowest BCUT2D eigenvalue weighted by molar-refractivity contribution is 0.218. The van der Waals surface area contributed by atoms with Crippen molar-refractivity contribution in [3.8, 4) is 5.69 Å². The smallest absolute Gasteiger partial charge is 0.292 e. The van der Waals surface area contributed by atoms with Crippen molar-refractivity contribution in [1.82, 2.24) is 20.2 Å². The Morgan fingerprint density at radius 3 is 2.57 bits per heavy atom. The third-order valence-electron chi connectivity index (χ3n) is 4.94. The fourth-order valence-corrected chi connectivity index (χ4v) is 3.47. The lowest BCUT2D eigenvalue weighted by Gasteiger charge is -2.28.